The zero-order chi connectivity index (χ0) is 11.6. The van der Waals surface area contributed by atoms with E-state index in [4.69, 9.17) is 14.0 Å². The van der Waals surface area contributed by atoms with Gasteiger partial charge in [-0.1, -0.05) is 0 Å². The van der Waals surface area contributed by atoms with E-state index in [1.807, 2.05) is 0 Å². The van der Waals surface area contributed by atoms with E-state index >= 15 is 0 Å². The minimum atomic E-state index is -2.41. The summed E-state index contributed by atoms with van der Waals surface area (Å²) in [6.45, 7) is 4.69. The first-order valence-corrected chi connectivity index (χ1v) is 15.5. The molecule has 0 aliphatic rings. The molecule has 15 heavy (non-hydrogen) atoms. The average Bonchev–Trinajstić information content (AvgIpc) is 2.24. The van der Waals surface area contributed by atoms with Crippen LogP contribution < -0.4 is 0 Å². The molecule has 3 heteroatoms. The Morgan fingerprint density at radius 3 is 2.07 bits per heavy atom. The van der Waals surface area contributed by atoms with Crippen molar-refractivity contribution in [2.45, 2.75) is 54.8 Å². The standard InChI is InChI=1S/C4H7O.2C4H9.ClH.Sn/c1-2-3-4-5;2*1-3-4-2;;/h1-2,5H,3-4H2;2*1,3-4H2,2H3;1H;/q;;;;+1/p-1. The van der Waals surface area contributed by atoms with E-state index in [0.29, 0.717) is 0 Å². The van der Waals surface area contributed by atoms with Gasteiger partial charge in [0.1, 0.15) is 0 Å². The van der Waals surface area contributed by atoms with Gasteiger partial charge in [0.15, 0.2) is 0 Å². The molecule has 0 saturated heterocycles. The second-order valence-electron chi connectivity index (χ2n) is 4.16. The van der Waals surface area contributed by atoms with E-state index in [9.17, 15) is 0 Å². The van der Waals surface area contributed by atoms with Crippen molar-refractivity contribution in [3.63, 3.8) is 0 Å². The summed E-state index contributed by atoms with van der Waals surface area (Å²) in [6.07, 6.45) is 7.90. The van der Waals surface area contributed by atoms with Crippen LogP contribution in [0.1, 0.15) is 46.0 Å². The molecule has 0 heterocycles. The number of halogens is 1. The van der Waals surface area contributed by atoms with Crippen molar-refractivity contribution in [2.24, 2.45) is 0 Å². The fraction of sp³-hybridized carbons (Fsp3) is 0.833. The topological polar surface area (TPSA) is 20.2 Å². The molecule has 0 saturated carbocycles. The molecule has 0 aromatic carbocycles. The third kappa shape index (κ3) is 8.58. The Hall–Kier alpha value is 0.789. The molecular formula is C12H25ClOSn. The quantitative estimate of drug-likeness (QED) is 0.623. The molecule has 0 aromatic heterocycles. The van der Waals surface area contributed by atoms with Gasteiger partial charge in [-0.3, -0.25) is 0 Å². The van der Waals surface area contributed by atoms with Gasteiger partial charge in [-0.25, -0.2) is 0 Å². The molecule has 1 nitrogen and oxygen atoms in total. The van der Waals surface area contributed by atoms with E-state index in [1.165, 1.54) is 34.6 Å². The summed E-state index contributed by atoms with van der Waals surface area (Å²) in [5.41, 5.74) is 0. The van der Waals surface area contributed by atoms with E-state index in [-0.39, 0.29) is 6.61 Å². The first-order chi connectivity index (χ1) is 7.18. The van der Waals surface area contributed by atoms with Crippen LogP contribution in [0.15, 0.2) is 10.2 Å². The molecule has 0 rings (SSSR count). The summed E-state index contributed by atoms with van der Waals surface area (Å²) in [5.74, 6) is 0. The Labute approximate surface area is 102 Å². The Kier molecular flexibility index (Phi) is 10.5. The Balaban J connectivity index is 4.12. The van der Waals surface area contributed by atoms with E-state index in [0.717, 1.165) is 6.42 Å². The molecule has 0 spiro atoms. The van der Waals surface area contributed by atoms with E-state index in [2.05, 4.69) is 24.0 Å². The van der Waals surface area contributed by atoms with Crippen LogP contribution in [0.2, 0.25) is 8.87 Å². The third-order valence-corrected chi connectivity index (χ3v) is 15.1. The SMILES string of the molecule is CCC[CH2][Sn]([Cl])(/[CH]=C/CCO)[CH2]CCC. The van der Waals surface area contributed by atoms with Gasteiger partial charge in [0.2, 0.25) is 0 Å². The van der Waals surface area contributed by atoms with Gasteiger partial charge in [-0.05, 0) is 0 Å². The number of rotatable bonds is 9. The van der Waals surface area contributed by atoms with Crippen LogP contribution in [0.25, 0.3) is 0 Å². The van der Waals surface area contributed by atoms with Crippen LogP contribution in [0, 0.1) is 0 Å². The van der Waals surface area contributed by atoms with Crippen LogP contribution in [0.3, 0.4) is 0 Å². The summed E-state index contributed by atoms with van der Waals surface area (Å²) < 4.78 is 4.82. The molecule has 0 fully saturated rings. The zero-order valence-corrected chi connectivity index (χ0v) is 13.7. The van der Waals surface area contributed by atoms with Crippen molar-refractivity contribution in [1.82, 2.24) is 0 Å². The van der Waals surface area contributed by atoms with Crippen molar-refractivity contribution in [2.75, 3.05) is 6.61 Å². The molecule has 0 aliphatic heterocycles. The van der Waals surface area contributed by atoms with E-state index in [1.54, 1.807) is 0 Å². The van der Waals surface area contributed by atoms with Gasteiger partial charge in [0.05, 0.1) is 0 Å². The average molecular weight is 339 g/mol. The summed E-state index contributed by atoms with van der Waals surface area (Å²) in [7, 11) is 6.77. The van der Waals surface area contributed by atoms with Crippen LogP contribution in [0.4, 0.5) is 0 Å². The van der Waals surface area contributed by atoms with Crippen molar-refractivity contribution in [3.8, 4) is 0 Å². The van der Waals surface area contributed by atoms with Crippen molar-refractivity contribution in [1.29, 1.82) is 0 Å². The van der Waals surface area contributed by atoms with Crippen LogP contribution in [0.5, 0.6) is 0 Å². The van der Waals surface area contributed by atoms with E-state index < -0.39 is 17.3 Å². The summed E-state index contributed by atoms with van der Waals surface area (Å²) >= 11 is -2.41. The fourth-order valence-electron chi connectivity index (χ4n) is 1.60. The second-order valence-corrected chi connectivity index (χ2v) is 18.9. The number of unbranched alkanes of at least 4 members (excludes halogenated alkanes) is 2. The van der Waals surface area contributed by atoms with Crippen molar-refractivity contribution < 1.29 is 5.11 Å². The molecule has 0 radical (unpaired) electrons. The molecular weight excluding hydrogens is 314 g/mol. The minimum absolute atomic E-state index is 0.247. The number of hydrogen-bond donors (Lipinski definition) is 1. The monoisotopic (exact) mass is 340 g/mol. The van der Waals surface area contributed by atoms with Gasteiger partial charge in [-0.15, -0.1) is 0 Å². The molecule has 0 aliphatic carbocycles. The van der Waals surface area contributed by atoms with Crippen LogP contribution in [-0.4, -0.2) is 29.0 Å². The van der Waals surface area contributed by atoms with Gasteiger partial charge in [0, 0.05) is 0 Å². The maximum absolute atomic E-state index is 8.74. The van der Waals surface area contributed by atoms with Crippen molar-refractivity contribution >= 4 is 26.2 Å². The normalized spacial score (nSPS) is 12.5. The van der Waals surface area contributed by atoms with Gasteiger partial charge < -0.3 is 0 Å². The summed E-state index contributed by atoms with van der Waals surface area (Å²) in [4.78, 5) is 0. The molecule has 0 amide bonds. The fourth-order valence-corrected chi connectivity index (χ4v) is 12.7. The second kappa shape index (κ2) is 9.98. The predicted molar refractivity (Wildman–Crippen MR) is 71.9 cm³/mol. The number of aliphatic hydroxyl groups is 1. The number of hydrogen-bond acceptors (Lipinski definition) is 1. The van der Waals surface area contributed by atoms with Gasteiger partial charge in [-0.2, -0.15) is 0 Å². The molecule has 0 aromatic rings. The molecule has 0 bridgehead atoms. The summed E-state index contributed by atoms with van der Waals surface area (Å²) in [6, 6.07) is 0. The Morgan fingerprint density at radius 2 is 1.67 bits per heavy atom. The maximum atomic E-state index is 8.74. The van der Waals surface area contributed by atoms with Gasteiger partial charge >= 0.3 is 103 Å². The molecule has 90 valence electrons. The zero-order valence-electron chi connectivity index (χ0n) is 10.1. The summed E-state index contributed by atoms with van der Waals surface area (Å²) in [5, 5.41) is 8.74. The Bertz CT molecular complexity index is 163. The molecule has 0 atom stereocenters. The first-order valence-electron chi connectivity index (χ1n) is 6.16. The Morgan fingerprint density at radius 1 is 1.13 bits per heavy atom. The van der Waals surface area contributed by atoms with Gasteiger partial charge in [0.25, 0.3) is 0 Å². The predicted octanol–water partition coefficient (Wildman–Crippen LogP) is 4.25. The molecule has 0 unspecified atom stereocenters. The first kappa shape index (κ1) is 15.8. The van der Waals surface area contributed by atoms with Crippen LogP contribution >= 0.6 is 8.92 Å². The molecule has 1 N–H and O–H groups in total. The van der Waals surface area contributed by atoms with Crippen molar-refractivity contribution in [3.05, 3.63) is 10.2 Å². The van der Waals surface area contributed by atoms with Crippen LogP contribution in [-0.2, 0) is 0 Å². The third-order valence-electron chi connectivity index (χ3n) is 2.60. The number of aliphatic hydroxyl groups excluding tert-OH is 1.